The topological polar surface area (TPSA) is 89.1 Å². The fourth-order valence-electron chi connectivity index (χ4n) is 2.77. The summed E-state index contributed by atoms with van der Waals surface area (Å²) in [5.41, 5.74) is 9.23. The lowest BCUT2D eigenvalue weighted by Crippen LogP contribution is -2.05. The summed E-state index contributed by atoms with van der Waals surface area (Å²) in [6.45, 7) is 0. The first-order valence-corrected chi connectivity index (χ1v) is 6.76. The summed E-state index contributed by atoms with van der Waals surface area (Å²) < 4.78 is 0. The van der Waals surface area contributed by atoms with Gasteiger partial charge in [-0.25, -0.2) is 9.97 Å². The van der Waals surface area contributed by atoms with Crippen LogP contribution in [-0.2, 0) is 0 Å². The molecule has 0 unspecified atom stereocenters. The van der Waals surface area contributed by atoms with Crippen LogP contribution < -0.4 is 5.73 Å². The Morgan fingerprint density at radius 1 is 0.909 bits per heavy atom. The molecule has 1 aromatic heterocycles. The molecular weight excluding hydrogens is 278 g/mol. The van der Waals surface area contributed by atoms with E-state index in [-0.39, 0.29) is 17.5 Å². The average Bonchev–Trinajstić information content (AvgIpc) is 2.80. The van der Waals surface area contributed by atoms with Gasteiger partial charge in [0, 0.05) is 16.7 Å². The quantitative estimate of drug-likeness (QED) is 0.562. The van der Waals surface area contributed by atoms with Crippen LogP contribution in [0, 0.1) is 0 Å². The number of carbonyl (C=O) groups is 1. The Hall–Kier alpha value is -3.21. The van der Waals surface area contributed by atoms with Crippen molar-refractivity contribution in [2.75, 3.05) is 5.73 Å². The molecule has 0 bridgehead atoms. The fraction of sp³-hybridized carbons (Fsp3) is 0. The van der Waals surface area contributed by atoms with E-state index in [0.717, 1.165) is 5.56 Å². The molecule has 22 heavy (non-hydrogen) atoms. The number of nitrogens with two attached hydrogens (primary N) is 1. The van der Waals surface area contributed by atoms with Crippen LogP contribution in [0.1, 0.15) is 15.9 Å². The van der Waals surface area contributed by atoms with E-state index < -0.39 is 0 Å². The smallest absolute Gasteiger partial charge is 0.221 e. The van der Waals surface area contributed by atoms with Crippen LogP contribution in [0.4, 0.5) is 5.95 Å². The molecule has 5 heteroatoms. The third-order valence-electron chi connectivity index (χ3n) is 3.70. The molecule has 1 aliphatic rings. The van der Waals surface area contributed by atoms with Crippen LogP contribution in [0.25, 0.3) is 22.5 Å². The standard InChI is InChI=1S/C17H11N3O2/c18-17-19-14(9-4-3-5-10(21)8-9)13-15(20-17)11-6-1-2-7-12(11)16(13)22/h1-8,21H,(H2,18,19,20). The van der Waals surface area contributed by atoms with Gasteiger partial charge in [0.15, 0.2) is 5.78 Å². The molecule has 106 valence electrons. The lowest BCUT2D eigenvalue weighted by atomic mass is 10.0. The van der Waals surface area contributed by atoms with Crippen LogP contribution in [0.2, 0.25) is 0 Å². The third kappa shape index (κ3) is 1.69. The average molecular weight is 289 g/mol. The van der Waals surface area contributed by atoms with Crippen molar-refractivity contribution in [2.45, 2.75) is 0 Å². The maximum Gasteiger partial charge on any atom is 0.221 e. The van der Waals surface area contributed by atoms with Crippen LogP contribution in [-0.4, -0.2) is 20.9 Å². The van der Waals surface area contributed by atoms with Gasteiger partial charge in [-0.2, -0.15) is 0 Å². The van der Waals surface area contributed by atoms with E-state index in [9.17, 15) is 9.90 Å². The van der Waals surface area contributed by atoms with Crippen LogP contribution in [0.5, 0.6) is 5.75 Å². The Labute approximate surface area is 126 Å². The molecule has 5 nitrogen and oxygen atoms in total. The molecule has 0 spiro atoms. The maximum atomic E-state index is 12.7. The second kappa shape index (κ2) is 4.39. The Morgan fingerprint density at radius 2 is 1.64 bits per heavy atom. The summed E-state index contributed by atoms with van der Waals surface area (Å²) in [5, 5.41) is 9.67. The van der Waals surface area contributed by atoms with Gasteiger partial charge in [-0.05, 0) is 12.1 Å². The van der Waals surface area contributed by atoms with E-state index >= 15 is 0 Å². The van der Waals surface area contributed by atoms with Gasteiger partial charge in [0.1, 0.15) is 5.75 Å². The molecule has 0 atom stereocenters. The van der Waals surface area contributed by atoms with Crippen molar-refractivity contribution in [3.63, 3.8) is 0 Å². The second-order valence-electron chi connectivity index (χ2n) is 5.08. The first-order chi connectivity index (χ1) is 10.6. The zero-order chi connectivity index (χ0) is 15.3. The molecule has 0 amide bonds. The summed E-state index contributed by atoms with van der Waals surface area (Å²) in [4.78, 5) is 21.2. The molecule has 2 aromatic carbocycles. The number of aromatic hydroxyl groups is 1. The van der Waals surface area contributed by atoms with E-state index in [0.29, 0.717) is 28.1 Å². The Morgan fingerprint density at radius 3 is 2.41 bits per heavy atom. The van der Waals surface area contributed by atoms with Gasteiger partial charge in [0.05, 0.1) is 17.0 Å². The summed E-state index contributed by atoms with van der Waals surface area (Å²) in [6, 6.07) is 13.9. The Bertz CT molecular complexity index is 935. The number of phenolic OH excluding ortho intramolecular Hbond substituents is 1. The normalized spacial score (nSPS) is 12.1. The number of carbonyl (C=O) groups excluding carboxylic acids is 1. The summed E-state index contributed by atoms with van der Waals surface area (Å²) in [5.74, 6) is 0.0805. The van der Waals surface area contributed by atoms with Gasteiger partial charge in [0.2, 0.25) is 5.95 Å². The molecule has 0 saturated heterocycles. The molecular formula is C17H11N3O2. The number of nitrogen functional groups attached to an aromatic ring is 1. The molecule has 1 aliphatic carbocycles. The first-order valence-electron chi connectivity index (χ1n) is 6.76. The number of anilines is 1. The van der Waals surface area contributed by atoms with Crippen LogP contribution in [0.15, 0.2) is 48.5 Å². The third-order valence-corrected chi connectivity index (χ3v) is 3.70. The highest BCUT2D eigenvalue weighted by molar-refractivity contribution is 6.23. The van der Waals surface area contributed by atoms with Crippen molar-refractivity contribution >= 4 is 11.7 Å². The van der Waals surface area contributed by atoms with E-state index in [4.69, 9.17) is 5.73 Å². The number of phenols is 1. The van der Waals surface area contributed by atoms with Gasteiger partial charge in [-0.3, -0.25) is 4.79 Å². The molecule has 4 rings (SSSR count). The van der Waals surface area contributed by atoms with Crippen LogP contribution >= 0.6 is 0 Å². The van der Waals surface area contributed by atoms with Gasteiger partial charge in [-0.1, -0.05) is 36.4 Å². The van der Waals surface area contributed by atoms with Crippen molar-refractivity contribution in [3.8, 4) is 28.3 Å². The zero-order valence-electron chi connectivity index (χ0n) is 11.4. The largest absolute Gasteiger partial charge is 0.508 e. The predicted octanol–water partition coefficient (Wildman–Crippen LogP) is 2.64. The minimum atomic E-state index is -0.121. The molecule has 0 fully saturated rings. The van der Waals surface area contributed by atoms with E-state index in [2.05, 4.69) is 9.97 Å². The van der Waals surface area contributed by atoms with Crippen molar-refractivity contribution in [1.29, 1.82) is 0 Å². The van der Waals surface area contributed by atoms with E-state index in [1.165, 1.54) is 0 Å². The predicted molar refractivity (Wildman–Crippen MR) is 82.4 cm³/mol. The first kappa shape index (κ1) is 12.5. The van der Waals surface area contributed by atoms with E-state index in [1.807, 2.05) is 18.2 Å². The number of hydrogen-bond donors (Lipinski definition) is 2. The van der Waals surface area contributed by atoms with E-state index in [1.54, 1.807) is 30.3 Å². The van der Waals surface area contributed by atoms with Crippen molar-refractivity contribution in [3.05, 3.63) is 59.7 Å². The number of benzene rings is 2. The van der Waals surface area contributed by atoms with Gasteiger partial charge < -0.3 is 10.8 Å². The number of aromatic nitrogens is 2. The van der Waals surface area contributed by atoms with Gasteiger partial charge in [0.25, 0.3) is 0 Å². The summed E-state index contributed by atoms with van der Waals surface area (Å²) in [6.07, 6.45) is 0. The van der Waals surface area contributed by atoms with Crippen molar-refractivity contribution in [2.24, 2.45) is 0 Å². The highest BCUT2D eigenvalue weighted by atomic mass is 16.3. The zero-order valence-corrected chi connectivity index (χ0v) is 11.4. The van der Waals surface area contributed by atoms with Gasteiger partial charge in [-0.15, -0.1) is 0 Å². The fourth-order valence-corrected chi connectivity index (χ4v) is 2.77. The number of rotatable bonds is 1. The Kier molecular flexibility index (Phi) is 2.50. The second-order valence-corrected chi connectivity index (χ2v) is 5.08. The molecule has 3 aromatic rings. The highest BCUT2D eigenvalue weighted by Crippen LogP contribution is 2.40. The molecule has 3 N–H and O–H groups in total. The van der Waals surface area contributed by atoms with Crippen molar-refractivity contribution in [1.82, 2.24) is 9.97 Å². The van der Waals surface area contributed by atoms with Gasteiger partial charge >= 0.3 is 0 Å². The lowest BCUT2D eigenvalue weighted by molar-refractivity contribution is 0.104. The summed E-state index contributed by atoms with van der Waals surface area (Å²) >= 11 is 0. The summed E-state index contributed by atoms with van der Waals surface area (Å²) in [7, 11) is 0. The SMILES string of the molecule is Nc1nc(-c2cccc(O)c2)c2c(n1)-c1ccccc1C2=O. The van der Waals surface area contributed by atoms with Crippen molar-refractivity contribution < 1.29 is 9.90 Å². The monoisotopic (exact) mass is 289 g/mol. The van der Waals surface area contributed by atoms with Crippen LogP contribution in [0.3, 0.4) is 0 Å². The highest BCUT2D eigenvalue weighted by Gasteiger charge is 2.32. The lowest BCUT2D eigenvalue weighted by Gasteiger charge is -2.08. The maximum absolute atomic E-state index is 12.7. The molecule has 1 heterocycles. The minimum absolute atomic E-state index is 0.0987. The molecule has 0 aliphatic heterocycles. The Balaban J connectivity index is 2.05. The minimum Gasteiger partial charge on any atom is -0.508 e. The number of hydrogen-bond acceptors (Lipinski definition) is 5. The number of ketones is 1. The molecule has 0 saturated carbocycles. The number of nitrogens with zero attached hydrogens (tertiary/aromatic N) is 2. The number of fused-ring (bicyclic) bond motifs is 3. The molecule has 0 radical (unpaired) electrons.